The Morgan fingerprint density at radius 1 is 0.871 bits per heavy atom. The van der Waals surface area contributed by atoms with E-state index in [0.717, 1.165) is 23.8 Å². The lowest BCUT2D eigenvalue weighted by Crippen LogP contribution is -2.32. The first-order valence-electron chi connectivity index (χ1n) is 9.87. The molecule has 3 N–H and O–H groups in total. The molecule has 3 rings (SSSR count). The van der Waals surface area contributed by atoms with Crippen molar-refractivity contribution in [1.29, 1.82) is 0 Å². The normalized spacial score (nSPS) is 10.5. The van der Waals surface area contributed by atoms with Crippen LogP contribution in [-0.2, 0) is 6.54 Å². The van der Waals surface area contributed by atoms with E-state index >= 15 is 0 Å². The first-order chi connectivity index (χ1) is 15.0. The van der Waals surface area contributed by atoms with Crippen molar-refractivity contribution in [3.05, 3.63) is 101 Å². The number of carbonyl (C=O) groups is 2. The zero-order valence-corrected chi connectivity index (χ0v) is 16.9. The number of hydrogen-bond donors (Lipinski definition) is 2. The zero-order valence-electron chi connectivity index (χ0n) is 16.9. The highest BCUT2D eigenvalue weighted by Crippen LogP contribution is 2.17. The maximum Gasteiger partial charge on any atom is 0.255 e. The molecule has 0 aromatic heterocycles. The van der Waals surface area contributed by atoms with Crippen LogP contribution in [0.5, 0.6) is 0 Å². The largest absolute Gasteiger partial charge is 0.334 e. The summed E-state index contributed by atoms with van der Waals surface area (Å²) in [5, 5.41) is 2.83. The summed E-state index contributed by atoms with van der Waals surface area (Å²) in [5.74, 6) is -2.37. The Balaban J connectivity index is 1.77. The van der Waals surface area contributed by atoms with Gasteiger partial charge in [0.05, 0.1) is 0 Å². The number of carbonyl (C=O) groups excluding carboxylic acids is 2. The van der Waals surface area contributed by atoms with Crippen LogP contribution >= 0.6 is 0 Å². The van der Waals surface area contributed by atoms with Crippen molar-refractivity contribution in [3.8, 4) is 0 Å². The van der Waals surface area contributed by atoms with Crippen LogP contribution in [0.2, 0.25) is 0 Å². The van der Waals surface area contributed by atoms with E-state index in [0.29, 0.717) is 30.8 Å². The van der Waals surface area contributed by atoms with Crippen molar-refractivity contribution in [2.75, 3.05) is 18.4 Å². The van der Waals surface area contributed by atoms with Gasteiger partial charge >= 0.3 is 0 Å². The maximum absolute atomic E-state index is 13.6. The Labute approximate surface area is 179 Å². The Morgan fingerprint density at radius 2 is 1.58 bits per heavy atom. The minimum absolute atomic E-state index is 0.0666. The van der Waals surface area contributed by atoms with E-state index in [9.17, 15) is 18.4 Å². The third-order valence-corrected chi connectivity index (χ3v) is 4.62. The molecule has 2 amide bonds. The fourth-order valence-electron chi connectivity index (χ4n) is 3.16. The quantitative estimate of drug-likeness (QED) is 0.570. The summed E-state index contributed by atoms with van der Waals surface area (Å²) in [6.07, 6.45) is 0.536. The highest BCUT2D eigenvalue weighted by atomic mass is 19.1. The van der Waals surface area contributed by atoms with Crippen LogP contribution in [-0.4, -0.2) is 29.8 Å². The Morgan fingerprint density at radius 3 is 2.26 bits per heavy atom. The van der Waals surface area contributed by atoms with Gasteiger partial charge in [-0.15, -0.1) is 0 Å². The lowest BCUT2D eigenvalue weighted by molar-refractivity contribution is 0.0741. The number of benzene rings is 3. The van der Waals surface area contributed by atoms with Crippen molar-refractivity contribution in [2.24, 2.45) is 5.73 Å². The van der Waals surface area contributed by atoms with Gasteiger partial charge in [0.1, 0.15) is 11.6 Å². The molecule has 0 aliphatic rings. The summed E-state index contributed by atoms with van der Waals surface area (Å²) >= 11 is 0. The molecule has 0 spiro atoms. The fourth-order valence-corrected chi connectivity index (χ4v) is 3.16. The number of halogens is 2. The molecule has 0 aliphatic heterocycles. The molecule has 3 aromatic carbocycles. The topological polar surface area (TPSA) is 75.4 Å². The van der Waals surface area contributed by atoms with Crippen LogP contribution in [0.4, 0.5) is 14.5 Å². The molecule has 0 heterocycles. The summed E-state index contributed by atoms with van der Waals surface area (Å²) in [7, 11) is 0. The smallest absolute Gasteiger partial charge is 0.255 e. The van der Waals surface area contributed by atoms with E-state index < -0.39 is 17.5 Å². The molecule has 0 saturated heterocycles. The fraction of sp³-hybridized carbons (Fsp3) is 0.167. The van der Waals surface area contributed by atoms with Crippen molar-refractivity contribution >= 4 is 17.5 Å². The molecule has 5 nitrogen and oxygen atoms in total. The first kappa shape index (κ1) is 22.1. The first-order valence-corrected chi connectivity index (χ1v) is 9.87. The molecule has 31 heavy (non-hydrogen) atoms. The molecule has 0 atom stereocenters. The van der Waals surface area contributed by atoms with E-state index in [1.165, 1.54) is 4.90 Å². The summed E-state index contributed by atoms with van der Waals surface area (Å²) in [5.41, 5.74) is 7.38. The van der Waals surface area contributed by atoms with Gasteiger partial charge in [-0.2, -0.15) is 0 Å². The second kappa shape index (κ2) is 10.4. The average molecular weight is 423 g/mol. The van der Waals surface area contributed by atoms with Crippen molar-refractivity contribution < 1.29 is 18.4 Å². The number of nitrogens with one attached hydrogen (secondary N) is 1. The summed E-state index contributed by atoms with van der Waals surface area (Å²) < 4.78 is 27.1. The van der Waals surface area contributed by atoms with E-state index in [1.807, 2.05) is 12.1 Å². The summed E-state index contributed by atoms with van der Waals surface area (Å²) in [6, 6.07) is 18.6. The van der Waals surface area contributed by atoms with Gasteiger partial charge in [-0.3, -0.25) is 9.59 Å². The maximum atomic E-state index is 13.6. The monoisotopic (exact) mass is 423 g/mol. The van der Waals surface area contributed by atoms with Gasteiger partial charge in [0.25, 0.3) is 11.8 Å². The number of nitrogens with two attached hydrogens (primary N) is 1. The highest BCUT2D eigenvalue weighted by molar-refractivity contribution is 6.04. The lowest BCUT2D eigenvalue weighted by Gasteiger charge is -2.23. The van der Waals surface area contributed by atoms with Crippen molar-refractivity contribution in [3.63, 3.8) is 0 Å². The Kier molecular flexibility index (Phi) is 7.45. The van der Waals surface area contributed by atoms with Crippen LogP contribution in [0.3, 0.4) is 0 Å². The minimum Gasteiger partial charge on any atom is -0.334 e. The van der Waals surface area contributed by atoms with Gasteiger partial charge in [0.15, 0.2) is 0 Å². The molecule has 0 unspecified atom stereocenters. The van der Waals surface area contributed by atoms with Crippen LogP contribution in [0.15, 0.2) is 72.8 Å². The SMILES string of the molecule is NCCCN(Cc1cccc(NC(=O)c2ccccc2)c1)C(=O)c1cc(F)cc(F)c1. The Bertz CT molecular complexity index is 1040. The van der Waals surface area contributed by atoms with Gasteiger partial charge in [-0.25, -0.2) is 8.78 Å². The average Bonchev–Trinajstić information content (AvgIpc) is 2.76. The highest BCUT2D eigenvalue weighted by Gasteiger charge is 2.18. The van der Waals surface area contributed by atoms with E-state index in [1.54, 1.807) is 42.5 Å². The van der Waals surface area contributed by atoms with E-state index in [-0.39, 0.29) is 18.0 Å². The number of nitrogens with zero attached hydrogens (tertiary/aromatic N) is 1. The molecule has 0 radical (unpaired) electrons. The second-order valence-electron chi connectivity index (χ2n) is 7.05. The van der Waals surface area contributed by atoms with Crippen LogP contribution in [0.1, 0.15) is 32.7 Å². The molecule has 3 aromatic rings. The number of rotatable bonds is 8. The number of hydrogen-bond acceptors (Lipinski definition) is 3. The van der Waals surface area contributed by atoms with E-state index in [2.05, 4.69) is 5.32 Å². The molecule has 0 aliphatic carbocycles. The Hall–Kier alpha value is -3.58. The molecule has 7 heteroatoms. The number of amides is 2. The zero-order chi connectivity index (χ0) is 22.2. The van der Waals surface area contributed by atoms with Gasteiger partial charge in [-0.1, -0.05) is 30.3 Å². The molecule has 160 valence electrons. The third-order valence-electron chi connectivity index (χ3n) is 4.62. The predicted octanol–water partition coefficient (Wildman–Crippen LogP) is 4.21. The summed E-state index contributed by atoms with van der Waals surface area (Å²) in [4.78, 5) is 26.8. The summed E-state index contributed by atoms with van der Waals surface area (Å²) in [6.45, 7) is 0.897. The molecule has 0 fully saturated rings. The lowest BCUT2D eigenvalue weighted by atomic mass is 10.1. The minimum atomic E-state index is -0.812. The molecule has 0 saturated carbocycles. The second-order valence-corrected chi connectivity index (χ2v) is 7.05. The van der Waals surface area contributed by atoms with E-state index in [4.69, 9.17) is 5.73 Å². The van der Waals surface area contributed by atoms with Crippen molar-refractivity contribution in [2.45, 2.75) is 13.0 Å². The van der Waals surface area contributed by atoms with Gasteiger partial charge in [0.2, 0.25) is 0 Å². The third kappa shape index (κ3) is 6.20. The van der Waals surface area contributed by atoms with Crippen molar-refractivity contribution in [1.82, 2.24) is 4.90 Å². The van der Waals surface area contributed by atoms with Crippen LogP contribution < -0.4 is 11.1 Å². The molecular formula is C24H23F2N3O2. The van der Waals surface area contributed by atoms with Crippen LogP contribution in [0.25, 0.3) is 0 Å². The van der Waals surface area contributed by atoms with Gasteiger partial charge < -0.3 is 16.0 Å². The van der Waals surface area contributed by atoms with Crippen LogP contribution in [0, 0.1) is 11.6 Å². The van der Waals surface area contributed by atoms with Gasteiger partial charge in [-0.05, 0) is 54.9 Å². The standard InChI is InChI=1S/C24H23F2N3O2/c25-20-13-19(14-21(26)15-20)24(31)29(11-5-10-27)16-17-6-4-9-22(12-17)28-23(30)18-7-2-1-3-8-18/h1-4,6-9,12-15H,5,10-11,16,27H2,(H,28,30). The van der Waals surface area contributed by atoms with Gasteiger partial charge in [0, 0.05) is 36.0 Å². The number of anilines is 1. The molecular weight excluding hydrogens is 400 g/mol. The predicted molar refractivity (Wildman–Crippen MR) is 116 cm³/mol. The molecule has 0 bridgehead atoms.